The molecule has 1 fully saturated rings. The molecule has 2 atom stereocenters. The summed E-state index contributed by atoms with van der Waals surface area (Å²) in [6.07, 6.45) is 1.35. The van der Waals surface area contributed by atoms with E-state index >= 15 is 0 Å². The molecule has 20 heavy (non-hydrogen) atoms. The molecular formula is C13H16ClN3O3. The van der Waals surface area contributed by atoms with Crippen molar-refractivity contribution in [3.05, 3.63) is 23.0 Å². The number of esters is 1. The summed E-state index contributed by atoms with van der Waals surface area (Å²) in [6, 6.07) is 1.44. The smallest absolute Gasteiger partial charge is 0.310 e. The summed E-state index contributed by atoms with van der Waals surface area (Å²) in [6.45, 7) is 2.72. The lowest BCUT2D eigenvalue weighted by atomic mass is 9.99. The van der Waals surface area contributed by atoms with Gasteiger partial charge in [-0.2, -0.15) is 0 Å². The minimum Gasteiger partial charge on any atom is -0.469 e. The zero-order valence-electron chi connectivity index (χ0n) is 11.3. The molecule has 1 aromatic rings. The number of hydrogen-bond donors (Lipinski definition) is 1. The Kier molecular flexibility index (Phi) is 4.13. The van der Waals surface area contributed by atoms with E-state index in [0.29, 0.717) is 18.7 Å². The third-order valence-corrected chi connectivity index (χ3v) is 3.74. The normalized spacial score (nSPS) is 21.9. The first-order chi connectivity index (χ1) is 9.43. The molecule has 0 saturated carbocycles. The first-order valence-corrected chi connectivity index (χ1v) is 6.60. The van der Waals surface area contributed by atoms with Crippen LogP contribution >= 0.6 is 11.6 Å². The van der Waals surface area contributed by atoms with Gasteiger partial charge in [0.25, 0.3) is 5.91 Å². The van der Waals surface area contributed by atoms with Crippen LogP contribution in [0.4, 0.5) is 5.69 Å². The molecule has 2 N–H and O–H groups in total. The highest BCUT2D eigenvalue weighted by Gasteiger charge is 2.38. The molecule has 7 heteroatoms. The summed E-state index contributed by atoms with van der Waals surface area (Å²) in [4.78, 5) is 29.5. The molecule has 6 nitrogen and oxygen atoms in total. The van der Waals surface area contributed by atoms with E-state index < -0.39 is 0 Å². The molecule has 108 valence electrons. The van der Waals surface area contributed by atoms with Crippen LogP contribution in [0.3, 0.4) is 0 Å². The fraction of sp³-hybridized carbons (Fsp3) is 0.462. The monoisotopic (exact) mass is 297 g/mol. The number of hydrogen-bond acceptors (Lipinski definition) is 5. The summed E-state index contributed by atoms with van der Waals surface area (Å²) in [7, 11) is 1.35. The Morgan fingerprint density at radius 2 is 2.20 bits per heavy atom. The predicted molar refractivity (Wildman–Crippen MR) is 74.2 cm³/mol. The molecule has 0 bridgehead atoms. The number of methoxy groups -OCH3 is 1. The molecule has 1 amide bonds. The van der Waals surface area contributed by atoms with Crippen molar-refractivity contribution in [2.45, 2.75) is 6.92 Å². The number of nitrogen functional groups attached to an aromatic ring is 1. The topological polar surface area (TPSA) is 85.5 Å². The molecule has 1 saturated heterocycles. The Morgan fingerprint density at radius 3 is 2.85 bits per heavy atom. The van der Waals surface area contributed by atoms with E-state index in [1.54, 1.807) is 4.90 Å². The van der Waals surface area contributed by atoms with E-state index in [-0.39, 0.29) is 34.6 Å². The third-order valence-electron chi connectivity index (χ3n) is 3.54. The molecule has 1 aliphatic rings. The summed E-state index contributed by atoms with van der Waals surface area (Å²) in [5, 5.41) is 0.208. The number of carbonyl (C=O) groups is 2. The second kappa shape index (κ2) is 5.66. The van der Waals surface area contributed by atoms with Gasteiger partial charge >= 0.3 is 5.97 Å². The van der Waals surface area contributed by atoms with Gasteiger partial charge in [0.05, 0.1) is 30.5 Å². The average Bonchev–Trinajstić information content (AvgIpc) is 2.82. The number of halogens is 1. The van der Waals surface area contributed by atoms with Gasteiger partial charge in [0, 0.05) is 13.1 Å². The second-order valence-electron chi connectivity index (χ2n) is 4.91. The van der Waals surface area contributed by atoms with Crippen LogP contribution in [-0.2, 0) is 9.53 Å². The number of nitrogens with two attached hydrogens (primary N) is 1. The van der Waals surface area contributed by atoms with Crippen molar-refractivity contribution in [2.24, 2.45) is 11.8 Å². The van der Waals surface area contributed by atoms with Crippen LogP contribution in [0.5, 0.6) is 0 Å². The number of ether oxygens (including phenoxy) is 1. The lowest BCUT2D eigenvalue weighted by Crippen LogP contribution is -2.30. The maximum Gasteiger partial charge on any atom is 0.310 e. The van der Waals surface area contributed by atoms with Crippen LogP contribution < -0.4 is 5.73 Å². The quantitative estimate of drug-likeness (QED) is 0.655. The summed E-state index contributed by atoms with van der Waals surface area (Å²) < 4.78 is 4.75. The van der Waals surface area contributed by atoms with E-state index in [1.165, 1.54) is 19.4 Å². The van der Waals surface area contributed by atoms with E-state index in [2.05, 4.69) is 4.98 Å². The maximum atomic E-state index is 12.4. The number of nitrogens with zero attached hydrogens (tertiary/aromatic N) is 2. The molecule has 0 spiro atoms. The van der Waals surface area contributed by atoms with Crippen LogP contribution in [-0.4, -0.2) is 42.0 Å². The van der Waals surface area contributed by atoms with E-state index in [1.807, 2.05) is 6.92 Å². The Labute approximate surface area is 121 Å². The molecule has 0 aromatic carbocycles. The van der Waals surface area contributed by atoms with Crippen molar-refractivity contribution in [1.82, 2.24) is 9.88 Å². The van der Waals surface area contributed by atoms with Crippen LogP contribution in [0.15, 0.2) is 12.3 Å². The van der Waals surface area contributed by atoms with Crippen molar-refractivity contribution >= 4 is 29.2 Å². The maximum absolute atomic E-state index is 12.4. The fourth-order valence-corrected chi connectivity index (χ4v) is 2.54. The Balaban J connectivity index is 2.19. The number of likely N-dealkylation sites (tertiary alicyclic amines) is 1. The van der Waals surface area contributed by atoms with Crippen LogP contribution in [0.1, 0.15) is 17.3 Å². The third kappa shape index (κ3) is 2.70. The average molecular weight is 298 g/mol. The van der Waals surface area contributed by atoms with Gasteiger partial charge in [-0.25, -0.2) is 4.98 Å². The molecule has 2 rings (SSSR count). The van der Waals surface area contributed by atoms with Gasteiger partial charge in [-0.15, -0.1) is 0 Å². The molecule has 1 aromatic heterocycles. The van der Waals surface area contributed by atoms with Crippen molar-refractivity contribution in [3.63, 3.8) is 0 Å². The molecule has 2 heterocycles. The number of rotatable bonds is 2. The van der Waals surface area contributed by atoms with Crippen LogP contribution in [0, 0.1) is 11.8 Å². The van der Waals surface area contributed by atoms with Gasteiger partial charge in [-0.05, 0) is 12.0 Å². The summed E-state index contributed by atoms with van der Waals surface area (Å²) in [5.41, 5.74) is 6.33. The number of amides is 1. The molecule has 1 aliphatic heterocycles. The Morgan fingerprint density at radius 1 is 1.50 bits per heavy atom. The summed E-state index contributed by atoms with van der Waals surface area (Å²) >= 11 is 5.79. The lowest BCUT2D eigenvalue weighted by molar-refractivity contribution is -0.146. The SMILES string of the molecule is COC(=O)C1CN(C(=O)c2cc(Cl)ncc2N)CC1C. The van der Waals surface area contributed by atoms with Crippen molar-refractivity contribution in [1.29, 1.82) is 0 Å². The van der Waals surface area contributed by atoms with Crippen molar-refractivity contribution < 1.29 is 14.3 Å². The number of carbonyl (C=O) groups excluding carboxylic acids is 2. The Bertz CT molecular complexity index is 550. The fourth-order valence-electron chi connectivity index (χ4n) is 2.39. The van der Waals surface area contributed by atoms with Gasteiger partial charge in [0.1, 0.15) is 5.15 Å². The highest BCUT2D eigenvalue weighted by Crippen LogP contribution is 2.27. The minimum absolute atomic E-state index is 0.0462. The van der Waals surface area contributed by atoms with E-state index in [0.717, 1.165) is 0 Å². The second-order valence-corrected chi connectivity index (χ2v) is 5.30. The van der Waals surface area contributed by atoms with Gasteiger partial charge < -0.3 is 15.4 Å². The Hall–Kier alpha value is -1.82. The van der Waals surface area contributed by atoms with Crippen LogP contribution in [0.25, 0.3) is 0 Å². The number of pyridine rings is 1. The lowest BCUT2D eigenvalue weighted by Gasteiger charge is -2.17. The first kappa shape index (κ1) is 14.6. The summed E-state index contributed by atoms with van der Waals surface area (Å²) in [5.74, 6) is -0.800. The zero-order chi connectivity index (χ0) is 14.9. The van der Waals surface area contributed by atoms with Crippen LogP contribution in [0.2, 0.25) is 5.15 Å². The first-order valence-electron chi connectivity index (χ1n) is 6.22. The van der Waals surface area contributed by atoms with Gasteiger partial charge in [-0.1, -0.05) is 18.5 Å². The highest BCUT2D eigenvalue weighted by atomic mass is 35.5. The van der Waals surface area contributed by atoms with Gasteiger partial charge in [0.15, 0.2) is 0 Å². The number of anilines is 1. The molecular weight excluding hydrogens is 282 g/mol. The van der Waals surface area contributed by atoms with E-state index in [9.17, 15) is 9.59 Å². The minimum atomic E-state index is -0.303. The molecule has 2 unspecified atom stereocenters. The molecule has 0 radical (unpaired) electrons. The van der Waals surface area contributed by atoms with E-state index in [4.69, 9.17) is 22.1 Å². The van der Waals surface area contributed by atoms with Crippen molar-refractivity contribution in [3.8, 4) is 0 Å². The highest BCUT2D eigenvalue weighted by molar-refractivity contribution is 6.29. The molecule has 0 aliphatic carbocycles. The predicted octanol–water partition coefficient (Wildman–Crippen LogP) is 1.20. The van der Waals surface area contributed by atoms with Gasteiger partial charge in [0.2, 0.25) is 0 Å². The van der Waals surface area contributed by atoms with Gasteiger partial charge in [-0.3, -0.25) is 9.59 Å². The van der Waals surface area contributed by atoms with Crippen molar-refractivity contribution in [2.75, 3.05) is 25.9 Å². The number of aromatic nitrogens is 1. The zero-order valence-corrected chi connectivity index (χ0v) is 12.1. The largest absolute Gasteiger partial charge is 0.469 e. The standard InChI is InChI=1S/C13H16ClN3O3/c1-7-5-17(6-9(7)13(19)20-2)12(18)8-3-11(14)16-4-10(8)15/h3-4,7,9H,5-6,15H2,1-2H3.